The minimum Gasteiger partial charge on any atom is -0.462 e. The maximum absolute atomic E-state index is 12.5. The lowest BCUT2D eigenvalue weighted by Gasteiger charge is -2.20. The number of unbranched alkanes of at least 4 members (excludes halogenated alkanes) is 10. The predicted molar refractivity (Wildman–Crippen MR) is 193 cm³/mol. The lowest BCUT2D eigenvalue weighted by atomic mass is 10.00. The molecule has 0 heterocycles. The zero-order valence-corrected chi connectivity index (χ0v) is 31.3. The Hall–Kier alpha value is -1.85. The van der Waals surface area contributed by atoms with Gasteiger partial charge in [0.2, 0.25) is 0 Å². The van der Waals surface area contributed by atoms with E-state index in [9.17, 15) is 29.3 Å². The second-order valence-corrected chi connectivity index (χ2v) is 14.1. The number of phosphoric ester groups is 1. The van der Waals surface area contributed by atoms with Gasteiger partial charge in [0.25, 0.3) is 0 Å². The molecule has 0 aromatic rings. The standard InChI is InChI=1S/C37H67O11P/c1-4-6-18-24-33(39)25-20-15-10-8-7-9-11-17-22-27-37(42)48-35(31-47-49(43,44)46-29-34(40)28-38)30-45-36(41)26-21-16-13-12-14-19-23-32(3)5-2/h6,10,15,18,20,25,32-35,38-40H,4-5,7-9,11-14,16-17,19,21-24,26-31H2,1-3H3,(H,43,44)/b15-10+,18-6+,25-20+/t32?,33?,34-,35+/m0/s1. The Bertz CT molecular complexity index is 953. The number of ether oxygens (including phenoxy) is 2. The lowest BCUT2D eigenvalue weighted by Crippen LogP contribution is -2.29. The molecule has 0 amide bonds. The highest BCUT2D eigenvalue weighted by Crippen LogP contribution is 2.43. The van der Waals surface area contributed by atoms with Crippen molar-refractivity contribution in [2.75, 3.05) is 26.4 Å². The fourth-order valence-electron chi connectivity index (χ4n) is 4.65. The molecule has 49 heavy (non-hydrogen) atoms. The number of hydrogen-bond acceptors (Lipinski definition) is 10. The number of esters is 2. The number of phosphoric acid groups is 1. The Morgan fingerprint density at radius 2 is 1.37 bits per heavy atom. The van der Waals surface area contributed by atoms with Crippen LogP contribution >= 0.6 is 7.82 Å². The monoisotopic (exact) mass is 718 g/mol. The second-order valence-electron chi connectivity index (χ2n) is 12.7. The number of hydrogen-bond donors (Lipinski definition) is 4. The largest absolute Gasteiger partial charge is 0.472 e. The van der Waals surface area contributed by atoms with Gasteiger partial charge in [-0.15, -0.1) is 0 Å². The van der Waals surface area contributed by atoms with E-state index >= 15 is 0 Å². The summed E-state index contributed by atoms with van der Waals surface area (Å²) in [6.45, 7) is 4.36. The van der Waals surface area contributed by atoms with Gasteiger partial charge in [0, 0.05) is 12.8 Å². The molecule has 3 unspecified atom stereocenters. The first-order valence-corrected chi connectivity index (χ1v) is 19.9. The Labute approximate surface area is 295 Å². The van der Waals surface area contributed by atoms with Gasteiger partial charge in [-0.3, -0.25) is 18.6 Å². The van der Waals surface area contributed by atoms with Crippen LogP contribution < -0.4 is 0 Å². The van der Waals surface area contributed by atoms with E-state index in [0.29, 0.717) is 19.3 Å². The Morgan fingerprint density at radius 1 is 0.755 bits per heavy atom. The van der Waals surface area contributed by atoms with Gasteiger partial charge >= 0.3 is 19.8 Å². The molecule has 0 aromatic heterocycles. The van der Waals surface area contributed by atoms with Crippen molar-refractivity contribution in [3.05, 3.63) is 36.5 Å². The minimum absolute atomic E-state index is 0.137. The van der Waals surface area contributed by atoms with E-state index in [2.05, 4.69) is 31.4 Å². The smallest absolute Gasteiger partial charge is 0.462 e. The van der Waals surface area contributed by atoms with Gasteiger partial charge in [-0.25, -0.2) is 4.57 Å². The van der Waals surface area contributed by atoms with Crippen LogP contribution in [0.1, 0.15) is 136 Å². The van der Waals surface area contributed by atoms with Gasteiger partial charge in [-0.2, -0.15) is 0 Å². The van der Waals surface area contributed by atoms with E-state index in [-0.39, 0.29) is 19.4 Å². The second kappa shape index (κ2) is 32.1. The van der Waals surface area contributed by atoms with Crippen LogP contribution in [0.5, 0.6) is 0 Å². The van der Waals surface area contributed by atoms with Gasteiger partial charge in [0.05, 0.1) is 25.9 Å². The van der Waals surface area contributed by atoms with Crippen molar-refractivity contribution >= 4 is 19.8 Å². The summed E-state index contributed by atoms with van der Waals surface area (Å²) in [5.41, 5.74) is 0. The molecule has 0 bridgehead atoms. The molecular weight excluding hydrogens is 651 g/mol. The molecule has 0 spiro atoms. The normalized spacial score (nSPS) is 15.8. The molecule has 11 nitrogen and oxygen atoms in total. The fourth-order valence-corrected chi connectivity index (χ4v) is 5.44. The van der Waals surface area contributed by atoms with Crippen LogP contribution in [-0.4, -0.2) is 76.9 Å². The van der Waals surface area contributed by atoms with E-state index in [1.54, 1.807) is 6.08 Å². The summed E-state index contributed by atoms with van der Waals surface area (Å²) in [6, 6.07) is 0. The van der Waals surface area contributed by atoms with Crippen LogP contribution in [0.2, 0.25) is 0 Å². The summed E-state index contributed by atoms with van der Waals surface area (Å²) in [5, 5.41) is 28.1. The third-order valence-electron chi connectivity index (χ3n) is 7.93. The summed E-state index contributed by atoms with van der Waals surface area (Å²) in [6.07, 6.45) is 24.7. The molecule has 12 heteroatoms. The molecular formula is C37H67O11P. The summed E-state index contributed by atoms with van der Waals surface area (Å²) < 4.78 is 32.5. The highest BCUT2D eigenvalue weighted by molar-refractivity contribution is 7.47. The molecule has 0 saturated carbocycles. The molecule has 0 aromatic carbocycles. The van der Waals surface area contributed by atoms with E-state index in [1.165, 1.54) is 25.7 Å². The first-order valence-electron chi connectivity index (χ1n) is 18.4. The SMILES string of the molecule is CC/C=C/CC(O)/C=C/C=C/CCCCCCCC(=O)O[C@H](COC(=O)CCCCCCCCC(C)CC)COP(=O)(O)OC[C@@H](O)CO. The van der Waals surface area contributed by atoms with Crippen molar-refractivity contribution in [1.29, 1.82) is 0 Å². The summed E-state index contributed by atoms with van der Waals surface area (Å²) >= 11 is 0. The van der Waals surface area contributed by atoms with Crippen molar-refractivity contribution in [2.24, 2.45) is 5.92 Å². The first kappa shape index (κ1) is 47.1. The van der Waals surface area contributed by atoms with Gasteiger partial charge in [-0.1, -0.05) is 121 Å². The Morgan fingerprint density at radius 3 is 2.02 bits per heavy atom. The van der Waals surface area contributed by atoms with Crippen LogP contribution in [0.4, 0.5) is 0 Å². The third kappa shape index (κ3) is 31.8. The van der Waals surface area contributed by atoms with E-state index in [4.69, 9.17) is 19.1 Å². The maximum Gasteiger partial charge on any atom is 0.472 e. The van der Waals surface area contributed by atoms with Gasteiger partial charge in [-0.05, 0) is 44.4 Å². The minimum atomic E-state index is -4.63. The van der Waals surface area contributed by atoms with Crippen LogP contribution in [-0.2, 0) is 32.7 Å². The molecule has 0 aliphatic heterocycles. The van der Waals surface area contributed by atoms with Crippen LogP contribution in [0.25, 0.3) is 0 Å². The highest BCUT2D eigenvalue weighted by Gasteiger charge is 2.27. The topological polar surface area (TPSA) is 169 Å². The molecule has 286 valence electrons. The fraction of sp³-hybridized carbons (Fsp3) is 0.784. The zero-order valence-electron chi connectivity index (χ0n) is 30.4. The number of rotatable bonds is 33. The number of carbonyl (C=O) groups excluding carboxylic acids is 2. The molecule has 4 N–H and O–H groups in total. The van der Waals surface area contributed by atoms with Gasteiger partial charge in [0.15, 0.2) is 6.10 Å². The van der Waals surface area contributed by atoms with Crippen LogP contribution in [0.3, 0.4) is 0 Å². The average Bonchev–Trinajstić information content (AvgIpc) is 3.08. The zero-order chi connectivity index (χ0) is 36.6. The summed E-state index contributed by atoms with van der Waals surface area (Å²) in [5.74, 6) is -0.220. The quantitative estimate of drug-likeness (QED) is 0.0173. The molecule has 5 atom stereocenters. The molecule has 0 rings (SSSR count). The first-order chi connectivity index (χ1) is 23.5. The third-order valence-corrected chi connectivity index (χ3v) is 8.88. The van der Waals surface area contributed by atoms with Gasteiger partial charge < -0.3 is 29.7 Å². The molecule has 0 saturated heterocycles. The molecule has 0 fully saturated rings. The Balaban J connectivity index is 4.48. The summed E-state index contributed by atoms with van der Waals surface area (Å²) in [4.78, 5) is 34.7. The van der Waals surface area contributed by atoms with Crippen molar-refractivity contribution in [1.82, 2.24) is 0 Å². The van der Waals surface area contributed by atoms with Crippen LogP contribution in [0.15, 0.2) is 36.5 Å². The number of aliphatic hydroxyl groups is 3. The van der Waals surface area contributed by atoms with Crippen LogP contribution in [0, 0.1) is 5.92 Å². The van der Waals surface area contributed by atoms with Crippen molar-refractivity contribution in [3.63, 3.8) is 0 Å². The average molecular weight is 719 g/mol. The maximum atomic E-state index is 12.5. The number of carbonyl (C=O) groups is 2. The molecule has 0 aliphatic carbocycles. The summed E-state index contributed by atoms with van der Waals surface area (Å²) in [7, 11) is -4.63. The number of allylic oxidation sites excluding steroid dienone is 4. The van der Waals surface area contributed by atoms with Crippen molar-refractivity contribution < 1.29 is 52.9 Å². The lowest BCUT2D eigenvalue weighted by molar-refractivity contribution is -0.161. The highest BCUT2D eigenvalue weighted by atomic mass is 31.2. The molecule has 0 aliphatic rings. The number of aliphatic hydroxyl groups excluding tert-OH is 3. The van der Waals surface area contributed by atoms with E-state index < -0.39 is 57.9 Å². The molecule has 0 radical (unpaired) electrons. The van der Waals surface area contributed by atoms with E-state index in [1.807, 2.05) is 24.3 Å². The Kier molecular flexibility index (Phi) is 30.9. The van der Waals surface area contributed by atoms with Gasteiger partial charge in [0.1, 0.15) is 12.7 Å². The van der Waals surface area contributed by atoms with Crippen molar-refractivity contribution in [3.8, 4) is 0 Å². The van der Waals surface area contributed by atoms with Crippen molar-refractivity contribution in [2.45, 2.75) is 155 Å². The predicted octanol–water partition coefficient (Wildman–Crippen LogP) is 7.66. The van der Waals surface area contributed by atoms with E-state index in [0.717, 1.165) is 63.7 Å².